The average Bonchev–Trinajstić information content (AvgIpc) is 2.97. The van der Waals surface area contributed by atoms with Crippen LogP contribution in [0.3, 0.4) is 0 Å². The van der Waals surface area contributed by atoms with Crippen LogP contribution in [-0.2, 0) is 13.1 Å². The molecule has 0 bridgehead atoms. The van der Waals surface area contributed by atoms with Gasteiger partial charge in [-0.25, -0.2) is 0 Å². The van der Waals surface area contributed by atoms with Crippen molar-refractivity contribution in [1.29, 1.82) is 0 Å². The van der Waals surface area contributed by atoms with Gasteiger partial charge in [-0.05, 0) is 11.1 Å². The van der Waals surface area contributed by atoms with Crippen molar-refractivity contribution < 1.29 is 5.11 Å². The largest absolute Gasteiger partial charge is 0.396 e. The van der Waals surface area contributed by atoms with Crippen LogP contribution in [-0.4, -0.2) is 35.7 Å². The highest BCUT2D eigenvalue weighted by molar-refractivity contribution is 5.16. The number of hydrogen-bond acceptors (Lipinski definition) is 3. The zero-order valence-corrected chi connectivity index (χ0v) is 12.9. The molecule has 2 aromatic rings. The molecule has 0 spiro atoms. The number of nitrogens with zero attached hydrogens (tertiary/aromatic N) is 1. The van der Waals surface area contributed by atoms with Crippen molar-refractivity contribution in [3.05, 3.63) is 71.8 Å². The number of aliphatic hydroxyl groups is 1. The molecule has 0 saturated carbocycles. The molecule has 2 aromatic carbocycles. The second-order valence-electron chi connectivity index (χ2n) is 6.10. The molecule has 3 nitrogen and oxygen atoms in total. The van der Waals surface area contributed by atoms with Crippen LogP contribution in [0.2, 0.25) is 0 Å². The Morgan fingerprint density at radius 2 is 1.55 bits per heavy atom. The Balaban J connectivity index is 1.55. The van der Waals surface area contributed by atoms with E-state index in [9.17, 15) is 5.11 Å². The molecule has 3 rings (SSSR count). The lowest BCUT2D eigenvalue weighted by Crippen LogP contribution is -2.37. The SMILES string of the molecule is OC[C@@H]1CN(Cc2ccccc2)C[C@H]1NCc1ccccc1. The molecule has 2 N–H and O–H groups in total. The van der Waals surface area contributed by atoms with E-state index in [1.807, 2.05) is 12.1 Å². The van der Waals surface area contributed by atoms with Crippen molar-refractivity contribution in [2.45, 2.75) is 19.1 Å². The summed E-state index contributed by atoms with van der Waals surface area (Å²) in [5, 5.41) is 13.3. The zero-order valence-electron chi connectivity index (χ0n) is 12.9. The van der Waals surface area contributed by atoms with E-state index in [1.165, 1.54) is 11.1 Å². The first-order valence-corrected chi connectivity index (χ1v) is 7.99. The number of nitrogens with one attached hydrogen (secondary N) is 1. The maximum absolute atomic E-state index is 9.65. The predicted molar refractivity (Wildman–Crippen MR) is 89.4 cm³/mol. The van der Waals surface area contributed by atoms with Crippen LogP contribution < -0.4 is 5.32 Å². The number of benzene rings is 2. The van der Waals surface area contributed by atoms with Crippen LogP contribution in [0.4, 0.5) is 0 Å². The Morgan fingerprint density at radius 1 is 0.909 bits per heavy atom. The molecule has 3 heteroatoms. The lowest BCUT2D eigenvalue weighted by atomic mass is 10.0. The van der Waals surface area contributed by atoms with Gasteiger partial charge in [-0.1, -0.05) is 60.7 Å². The summed E-state index contributed by atoms with van der Waals surface area (Å²) < 4.78 is 0. The van der Waals surface area contributed by atoms with E-state index in [2.05, 4.69) is 58.7 Å². The standard InChI is InChI=1S/C19H24N2O/c22-15-18-13-21(12-17-9-5-2-6-10-17)14-19(18)20-11-16-7-3-1-4-8-16/h1-10,18-20,22H,11-15H2/t18-,19+/m0/s1. The van der Waals surface area contributed by atoms with Gasteiger partial charge in [0.1, 0.15) is 0 Å². The Morgan fingerprint density at radius 3 is 2.18 bits per heavy atom. The fourth-order valence-electron chi connectivity index (χ4n) is 3.19. The lowest BCUT2D eigenvalue weighted by Gasteiger charge is -2.18. The summed E-state index contributed by atoms with van der Waals surface area (Å²) in [6, 6.07) is 21.3. The summed E-state index contributed by atoms with van der Waals surface area (Å²) in [6.45, 7) is 4.02. The maximum Gasteiger partial charge on any atom is 0.0486 e. The highest BCUT2D eigenvalue weighted by Gasteiger charge is 2.31. The molecule has 116 valence electrons. The van der Waals surface area contributed by atoms with E-state index >= 15 is 0 Å². The van der Waals surface area contributed by atoms with Gasteiger partial charge in [0.25, 0.3) is 0 Å². The van der Waals surface area contributed by atoms with E-state index in [-0.39, 0.29) is 6.61 Å². The molecule has 2 atom stereocenters. The molecule has 0 unspecified atom stereocenters. The third-order valence-corrected chi connectivity index (χ3v) is 4.41. The summed E-state index contributed by atoms with van der Waals surface area (Å²) >= 11 is 0. The minimum absolute atomic E-state index is 0.248. The second-order valence-corrected chi connectivity index (χ2v) is 6.10. The van der Waals surface area contributed by atoms with Gasteiger partial charge >= 0.3 is 0 Å². The first-order valence-electron chi connectivity index (χ1n) is 7.99. The summed E-state index contributed by atoms with van der Waals surface area (Å²) in [6.07, 6.45) is 0. The molecule has 1 heterocycles. The van der Waals surface area contributed by atoms with Crippen LogP contribution in [0.5, 0.6) is 0 Å². The smallest absolute Gasteiger partial charge is 0.0486 e. The van der Waals surface area contributed by atoms with Gasteiger partial charge < -0.3 is 10.4 Å². The van der Waals surface area contributed by atoms with Crippen molar-refractivity contribution in [2.24, 2.45) is 5.92 Å². The van der Waals surface area contributed by atoms with Crippen molar-refractivity contribution in [3.63, 3.8) is 0 Å². The minimum Gasteiger partial charge on any atom is -0.396 e. The Labute approximate surface area is 132 Å². The third-order valence-electron chi connectivity index (χ3n) is 4.41. The van der Waals surface area contributed by atoms with Crippen molar-refractivity contribution in [2.75, 3.05) is 19.7 Å². The van der Waals surface area contributed by atoms with Crippen LogP contribution in [0.1, 0.15) is 11.1 Å². The second kappa shape index (κ2) is 7.54. The Bertz CT molecular complexity index is 558. The van der Waals surface area contributed by atoms with Gasteiger partial charge in [0.2, 0.25) is 0 Å². The first kappa shape index (κ1) is 15.2. The molecule has 1 aliphatic heterocycles. The van der Waals surface area contributed by atoms with E-state index in [4.69, 9.17) is 0 Å². The molecule has 0 radical (unpaired) electrons. The molecule has 22 heavy (non-hydrogen) atoms. The van der Waals surface area contributed by atoms with E-state index in [0.29, 0.717) is 12.0 Å². The molecule has 0 aliphatic carbocycles. The maximum atomic E-state index is 9.65. The van der Waals surface area contributed by atoms with E-state index in [1.54, 1.807) is 0 Å². The average molecular weight is 296 g/mol. The van der Waals surface area contributed by atoms with Crippen molar-refractivity contribution >= 4 is 0 Å². The monoisotopic (exact) mass is 296 g/mol. The lowest BCUT2D eigenvalue weighted by molar-refractivity contribution is 0.207. The summed E-state index contributed by atoms with van der Waals surface area (Å²) in [4.78, 5) is 2.43. The molecular weight excluding hydrogens is 272 g/mol. The van der Waals surface area contributed by atoms with Gasteiger partial charge in [0, 0.05) is 44.7 Å². The van der Waals surface area contributed by atoms with Crippen molar-refractivity contribution in [1.82, 2.24) is 10.2 Å². The molecule has 1 fully saturated rings. The summed E-state index contributed by atoms with van der Waals surface area (Å²) in [5.74, 6) is 0.312. The van der Waals surface area contributed by atoms with Gasteiger partial charge in [-0.2, -0.15) is 0 Å². The molecule has 0 aromatic heterocycles. The van der Waals surface area contributed by atoms with Gasteiger partial charge in [0.15, 0.2) is 0 Å². The van der Waals surface area contributed by atoms with Gasteiger partial charge in [-0.3, -0.25) is 4.90 Å². The normalized spacial score (nSPS) is 22.0. The Hall–Kier alpha value is -1.68. The third kappa shape index (κ3) is 3.95. The number of rotatable bonds is 6. The summed E-state index contributed by atoms with van der Waals surface area (Å²) in [5.41, 5.74) is 2.63. The van der Waals surface area contributed by atoms with Gasteiger partial charge in [-0.15, -0.1) is 0 Å². The van der Waals surface area contributed by atoms with Crippen LogP contribution >= 0.6 is 0 Å². The van der Waals surface area contributed by atoms with Crippen LogP contribution in [0.15, 0.2) is 60.7 Å². The fraction of sp³-hybridized carbons (Fsp3) is 0.368. The van der Waals surface area contributed by atoms with Crippen LogP contribution in [0, 0.1) is 5.92 Å². The Kier molecular flexibility index (Phi) is 5.22. The topological polar surface area (TPSA) is 35.5 Å². The summed E-state index contributed by atoms with van der Waals surface area (Å²) in [7, 11) is 0. The molecule has 1 saturated heterocycles. The highest BCUT2D eigenvalue weighted by atomic mass is 16.3. The molecular formula is C19H24N2O. The number of likely N-dealkylation sites (tertiary alicyclic amines) is 1. The van der Waals surface area contributed by atoms with E-state index < -0.39 is 0 Å². The predicted octanol–water partition coefficient (Wildman–Crippen LogP) is 2.27. The van der Waals surface area contributed by atoms with Gasteiger partial charge in [0.05, 0.1) is 0 Å². The number of aliphatic hydroxyl groups excluding tert-OH is 1. The number of hydrogen-bond donors (Lipinski definition) is 2. The van der Waals surface area contributed by atoms with Crippen molar-refractivity contribution in [3.8, 4) is 0 Å². The van der Waals surface area contributed by atoms with E-state index in [0.717, 1.165) is 26.2 Å². The first-order chi connectivity index (χ1) is 10.8. The van der Waals surface area contributed by atoms with Crippen LogP contribution in [0.25, 0.3) is 0 Å². The molecule has 1 aliphatic rings. The fourth-order valence-corrected chi connectivity index (χ4v) is 3.19. The highest BCUT2D eigenvalue weighted by Crippen LogP contribution is 2.19. The quantitative estimate of drug-likeness (QED) is 0.858. The zero-order chi connectivity index (χ0) is 15.2. The molecule has 0 amide bonds. The minimum atomic E-state index is 0.248.